The van der Waals surface area contributed by atoms with Gasteiger partial charge < -0.3 is 25.2 Å². The van der Waals surface area contributed by atoms with E-state index in [2.05, 4.69) is 17.4 Å². The van der Waals surface area contributed by atoms with Crippen LogP contribution in [0, 0.1) is 5.92 Å². The quantitative estimate of drug-likeness (QED) is 0.608. The molecule has 2 aromatic carbocycles. The standard InChI is InChI=1S/C27H30N2O6/c1-17-7-6-12-26(13-17,23(30)29-15-27(34,16-29)24(31)32)28-25(33)35-14-22-20-10-4-2-8-18(20)19-9-3-5-11-21(19)22/h2-5,8-11,17,22,34H,6-7,12-16H2,1H3,(H,28,33)(H,31,32). The van der Waals surface area contributed by atoms with Gasteiger partial charge in [0, 0.05) is 5.92 Å². The number of hydrogen-bond donors (Lipinski definition) is 3. The number of aliphatic hydroxyl groups is 1. The SMILES string of the molecule is CC1CCCC(NC(=O)OCC2c3ccccc3-c3ccccc32)(C(=O)N2CC(O)(C(=O)O)C2)C1. The Balaban J connectivity index is 1.30. The summed E-state index contributed by atoms with van der Waals surface area (Å²) in [6, 6.07) is 16.2. The zero-order valence-corrected chi connectivity index (χ0v) is 19.7. The number of carboxylic acids is 1. The van der Waals surface area contributed by atoms with E-state index in [9.17, 15) is 24.6 Å². The molecule has 2 aromatic rings. The normalized spacial score (nSPS) is 24.6. The summed E-state index contributed by atoms with van der Waals surface area (Å²) in [7, 11) is 0. The van der Waals surface area contributed by atoms with E-state index >= 15 is 0 Å². The molecule has 1 aliphatic heterocycles. The van der Waals surface area contributed by atoms with E-state index in [1.807, 2.05) is 43.3 Å². The lowest BCUT2D eigenvalue weighted by Gasteiger charge is -2.49. The second kappa shape index (κ2) is 8.68. The number of carbonyl (C=O) groups is 3. The van der Waals surface area contributed by atoms with E-state index in [1.54, 1.807) is 0 Å². The van der Waals surface area contributed by atoms with E-state index in [4.69, 9.17) is 4.74 Å². The fraction of sp³-hybridized carbons (Fsp3) is 0.444. The number of aliphatic carboxylic acids is 1. The molecule has 8 heteroatoms. The van der Waals surface area contributed by atoms with E-state index < -0.39 is 23.2 Å². The Morgan fingerprint density at radius 3 is 2.23 bits per heavy atom. The highest BCUT2D eigenvalue weighted by atomic mass is 16.5. The van der Waals surface area contributed by atoms with E-state index in [0.29, 0.717) is 12.8 Å². The maximum Gasteiger partial charge on any atom is 0.408 e. The summed E-state index contributed by atoms with van der Waals surface area (Å²) in [5.41, 5.74) is 1.38. The van der Waals surface area contributed by atoms with E-state index in [1.165, 1.54) is 4.90 Å². The maximum absolute atomic E-state index is 13.4. The molecule has 184 valence electrons. The molecule has 0 bridgehead atoms. The van der Waals surface area contributed by atoms with Crippen LogP contribution in [0.15, 0.2) is 48.5 Å². The molecule has 2 aliphatic carbocycles. The third kappa shape index (κ3) is 4.05. The van der Waals surface area contributed by atoms with Crippen molar-refractivity contribution in [2.45, 2.75) is 49.7 Å². The van der Waals surface area contributed by atoms with Crippen LogP contribution in [0.1, 0.15) is 49.7 Å². The fourth-order valence-electron chi connectivity index (χ4n) is 5.91. The molecule has 1 saturated heterocycles. The Bertz CT molecular complexity index is 1130. The lowest BCUT2D eigenvalue weighted by Crippen LogP contribution is -2.72. The maximum atomic E-state index is 13.4. The monoisotopic (exact) mass is 478 g/mol. The summed E-state index contributed by atoms with van der Waals surface area (Å²) < 4.78 is 5.70. The molecule has 8 nitrogen and oxygen atoms in total. The first-order chi connectivity index (χ1) is 16.7. The van der Waals surface area contributed by atoms with Crippen LogP contribution in [-0.4, -0.2) is 63.9 Å². The molecule has 3 aliphatic rings. The second-order valence-corrected chi connectivity index (χ2v) is 10.2. The number of nitrogens with zero attached hydrogens (tertiary/aromatic N) is 1. The zero-order valence-electron chi connectivity index (χ0n) is 19.7. The highest BCUT2D eigenvalue weighted by Crippen LogP contribution is 2.44. The van der Waals surface area contributed by atoms with Crippen molar-refractivity contribution < 1.29 is 29.3 Å². The van der Waals surface area contributed by atoms with Crippen LogP contribution in [0.3, 0.4) is 0 Å². The number of rotatable bonds is 5. The molecule has 0 spiro atoms. The summed E-state index contributed by atoms with van der Waals surface area (Å²) in [6.07, 6.45) is 1.93. The Labute approximate surface area is 203 Å². The summed E-state index contributed by atoms with van der Waals surface area (Å²) in [5, 5.41) is 22.1. The Hall–Kier alpha value is -3.39. The average Bonchev–Trinajstić information content (AvgIpc) is 3.14. The summed E-state index contributed by atoms with van der Waals surface area (Å²) in [6.45, 7) is 1.60. The first-order valence-corrected chi connectivity index (χ1v) is 12.1. The number of carboxylic acid groups (broad SMARTS) is 1. The number of hydrogen-bond acceptors (Lipinski definition) is 5. The number of fused-ring (bicyclic) bond motifs is 3. The van der Waals surface area contributed by atoms with Gasteiger partial charge in [-0.2, -0.15) is 0 Å². The molecule has 2 amide bonds. The van der Waals surface area contributed by atoms with Gasteiger partial charge in [-0.25, -0.2) is 9.59 Å². The largest absolute Gasteiger partial charge is 0.479 e. The second-order valence-electron chi connectivity index (χ2n) is 10.2. The van der Waals surface area contributed by atoms with Crippen LogP contribution in [0.4, 0.5) is 4.79 Å². The summed E-state index contributed by atoms with van der Waals surface area (Å²) in [5.74, 6) is -1.59. The molecular formula is C27H30N2O6. The van der Waals surface area contributed by atoms with Crippen molar-refractivity contribution in [3.63, 3.8) is 0 Å². The smallest absolute Gasteiger partial charge is 0.408 e. The first-order valence-electron chi connectivity index (χ1n) is 12.1. The number of nitrogens with one attached hydrogen (secondary N) is 1. The molecule has 2 unspecified atom stereocenters. The molecule has 1 saturated carbocycles. The number of β-amino-alcohol motifs (C(OH)–C–C–N with tert-alkyl or cyclic N) is 1. The van der Waals surface area contributed by atoms with Crippen molar-refractivity contribution in [1.29, 1.82) is 0 Å². The van der Waals surface area contributed by atoms with Gasteiger partial charge in [0.2, 0.25) is 5.91 Å². The van der Waals surface area contributed by atoms with Gasteiger partial charge in [0.25, 0.3) is 0 Å². The number of ether oxygens (including phenoxy) is 1. The number of amides is 2. The molecule has 5 rings (SSSR count). The molecule has 0 radical (unpaired) electrons. The molecule has 0 aromatic heterocycles. The van der Waals surface area contributed by atoms with E-state index in [-0.39, 0.29) is 37.4 Å². The number of likely N-dealkylation sites (tertiary alicyclic amines) is 1. The summed E-state index contributed by atoms with van der Waals surface area (Å²) in [4.78, 5) is 39.0. The van der Waals surface area contributed by atoms with Crippen LogP contribution >= 0.6 is 0 Å². The van der Waals surface area contributed by atoms with Gasteiger partial charge in [-0.3, -0.25) is 4.79 Å². The third-order valence-corrected chi connectivity index (χ3v) is 7.68. The predicted octanol–water partition coefficient (Wildman–Crippen LogP) is 3.13. The first kappa shape index (κ1) is 23.4. The van der Waals surface area contributed by atoms with Crippen molar-refractivity contribution >= 4 is 18.0 Å². The van der Waals surface area contributed by atoms with E-state index in [0.717, 1.165) is 35.1 Å². The molecule has 2 fully saturated rings. The van der Waals surface area contributed by atoms with Crippen LogP contribution in [0.25, 0.3) is 11.1 Å². The third-order valence-electron chi connectivity index (χ3n) is 7.68. The van der Waals surface area contributed by atoms with Gasteiger partial charge in [-0.15, -0.1) is 0 Å². The Morgan fingerprint density at radius 2 is 1.66 bits per heavy atom. The Kier molecular flexibility index (Phi) is 5.79. The zero-order chi connectivity index (χ0) is 24.8. The van der Waals surface area contributed by atoms with Gasteiger partial charge in [-0.1, -0.05) is 68.3 Å². The van der Waals surface area contributed by atoms with Gasteiger partial charge >= 0.3 is 12.1 Å². The van der Waals surface area contributed by atoms with Crippen molar-refractivity contribution in [3.8, 4) is 11.1 Å². The van der Waals surface area contributed by atoms with Crippen LogP contribution < -0.4 is 5.32 Å². The molecule has 1 heterocycles. The predicted molar refractivity (Wildman–Crippen MR) is 128 cm³/mol. The highest BCUT2D eigenvalue weighted by molar-refractivity contribution is 5.93. The van der Waals surface area contributed by atoms with Crippen molar-refractivity contribution in [3.05, 3.63) is 59.7 Å². The molecule has 3 N–H and O–H groups in total. The van der Waals surface area contributed by atoms with Crippen molar-refractivity contribution in [2.75, 3.05) is 19.7 Å². The summed E-state index contributed by atoms with van der Waals surface area (Å²) >= 11 is 0. The highest BCUT2D eigenvalue weighted by Gasteiger charge is 2.55. The number of alkyl carbamates (subject to hydrolysis) is 1. The molecule has 35 heavy (non-hydrogen) atoms. The molecular weight excluding hydrogens is 448 g/mol. The van der Waals surface area contributed by atoms with Crippen LogP contribution in [0.5, 0.6) is 0 Å². The van der Waals surface area contributed by atoms with Gasteiger partial charge in [0.1, 0.15) is 12.1 Å². The number of benzene rings is 2. The minimum absolute atomic E-state index is 0.0916. The minimum Gasteiger partial charge on any atom is -0.479 e. The van der Waals surface area contributed by atoms with Gasteiger partial charge in [0.15, 0.2) is 5.60 Å². The van der Waals surface area contributed by atoms with Crippen molar-refractivity contribution in [2.24, 2.45) is 5.92 Å². The lowest BCUT2D eigenvalue weighted by molar-refractivity contribution is -0.185. The Morgan fingerprint density at radius 1 is 1.06 bits per heavy atom. The molecule has 2 atom stereocenters. The van der Waals surface area contributed by atoms with Crippen LogP contribution in [-0.2, 0) is 14.3 Å². The van der Waals surface area contributed by atoms with Gasteiger partial charge in [-0.05, 0) is 41.0 Å². The minimum atomic E-state index is -1.93. The average molecular weight is 479 g/mol. The van der Waals surface area contributed by atoms with Gasteiger partial charge in [0.05, 0.1) is 13.1 Å². The lowest BCUT2D eigenvalue weighted by atomic mass is 9.74. The number of carbonyl (C=O) groups excluding carboxylic acids is 2. The van der Waals surface area contributed by atoms with Crippen LogP contribution in [0.2, 0.25) is 0 Å². The topological polar surface area (TPSA) is 116 Å². The van der Waals surface area contributed by atoms with Crippen molar-refractivity contribution in [1.82, 2.24) is 10.2 Å². The fourth-order valence-corrected chi connectivity index (χ4v) is 5.91.